The number of aromatic nitrogens is 1. The number of benzene rings is 2. The number of aromatic hydroxyl groups is 1. The molecule has 0 radical (unpaired) electrons. The van der Waals surface area contributed by atoms with Gasteiger partial charge in [-0.25, -0.2) is 13.4 Å². The smallest absolute Gasteiger partial charge is 0.265 e. The molecule has 1 aromatic heterocycles. The molecule has 0 aliphatic carbocycles. The highest BCUT2D eigenvalue weighted by Gasteiger charge is 2.23. The van der Waals surface area contributed by atoms with Crippen molar-refractivity contribution in [3.63, 3.8) is 0 Å². The number of anilines is 2. The Morgan fingerprint density at radius 2 is 2.00 bits per heavy atom. The minimum Gasteiger partial charge on any atom is -0.508 e. The van der Waals surface area contributed by atoms with E-state index in [4.69, 9.17) is 9.47 Å². The van der Waals surface area contributed by atoms with Gasteiger partial charge in [-0.2, -0.15) is 0 Å². The first-order valence-electron chi connectivity index (χ1n) is 11.1. The summed E-state index contributed by atoms with van der Waals surface area (Å²) in [4.78, 5) is 17.6. The molecule has 11 heteroatoms. The van der Waals surface area contributed by atoms with Crippen molar-refractivity contribution in [2.24, 2.45) is 5.92 Å². The number of hydrogen-bond acceptors (Lipinski definition) is 8. The van der Waals surface area contributed by atoms with E-state index < -0.39 is 10.0 Å². The lowest BCUT2D eigenvalue weighted by molar-refractivity contribution is -0.117. The Balaban J connectivity index is 1.57. The zero-order valence-electron chi connectivity index (χ0n) is 19.4. The standard InChI is InChI=1S/C24H27N3O6S2/c1-15-23(34-24(25-15)26-22(29)12-16-8-10-33-11-9-16)17-6-7-20(32-2)21(13-17)35(30,31)27-18-4-3-5-19(28)14-18/h3-7,13-14,16,27-28H,8-12H2,1-2H3,(H,25,26,29). The summed E-state index contributed by atoms with van der Waals surface area (Å²) in [6.07, 6.45) is 2.16. The second-order valence-corrected chi connectivity index (χ2v) is 10.9. The van der Waals surface area contributed by atoms with Crippen molar-refractivity contribution < 1.29 is 27.8 Å². The van der Waals surface area contributed by atoms with Gasteiger partial charge in [0.2, 0.25) is 5.91 Å². The summed E-state index contributed by atoms with van der Waals surface area (Å²) in [6.45, 7) is 3.17. The summed E-state index contributed by atoms with van der Waals surface area (Å²) in [6, 6.07) is 10.7. The molecule has 35 heavy (non-hydrogen) atoms. The number of methoxy groups -OCH3 is 1. The van der Waals surface area contributed by atoms with Crippen LogP contribution in [0.5, 0.6) is 11.5 Å². The number of rotatable bonds is 8. The number of carbonyl (C=O) groups excluding carboxylic acids is 1. The number of phenols is 1. The molecule has 1 saturated heterocycles. The van der Waals surface area contributed by atoms with Crippen molar-refractivity contribution in [1.29, 1.82) is 0 Å². The van der Waals surface area contributed by atoms with Crippen molar-refractivity contribution in [3.05, 3.63) is 48.2 Å². The first-order chi connectivity index (χ1) is 16.7. The van der Waals surface area contributed by atoms with E-state index in [1.54, 1.807) is 18.2 Å². The van der Waals surface area contributed by atoms with Crippen LogP contribution in [0.4, 0.5) is 10.8 Å². The molecule has 186 valence electrons. The van der Waals surface area contributed by atoms with Crippen LogP contribution in [0.25, 0.3) is 10.4 Å². The van der Waals surface area contributed by atoms with Gasteiger partial charge in [0.25, 0.3) is 10.0 Å². The lowest BCUT2D eigenvalue weighted by Gasteiger charge is -2.20. The molecule has 0 spiro atoms. The fourth-order valence-electron chi connectivity index (χ4n) is 3.91. The minimum absolute atomic E-state index is 0.0567. The van der Waals surface area contributed by atoms with Crippen LogP contribution in [0.1, 0.15) is 25.0 Å². The Hall–Kier alpha value is -3.15. The molecule has 3 aromatic rings. The molecule has 1 fully saturated rings. The van der Waals surface area contributed by atoms with Gasteiger partial charge < -0.3 is 19.9 Å². The van der Waals surface area contributed by atoms with Crippen LogP contribution >= 0.6 is 11.3 Å². The molecule has 0 saturated carbocycles. The molecule has 0 unspecified atom stereocenters. The van der Waals surface area contributed by atoms with E-state index in [-0.39, 0.29) is 28.0 Å². The van der Waals surface area contributed by atoms with Crippen LogP contribution in [0, 0.1) is 12.8 Å². The summed E-state index contributed by atoms with van der Waals surface area (Å²) in [7, 11) is -2.63. The van der Waals surface area contributed by atoms with Crippen molar-refractivity contribution in [1.82, 2.24) is 4.98 Å². The molecule has 0 bridgehead atoms. The number of carbonyl (C=O) groups is 1. The van der Waals surface area contributed by atoms with Crippen LogP contribution in [0.2, 0.25) is 0 Å². The van der Waals surface area contributed by atoms with Crippen LogP contribution in [0.15, 0.2) is 47.4 Å². The highest BCUT2D eigenvalue weighted by molar-refractivity contribution is 7.92. The zero-order chi connectivity index (χ0) is 25.0. The number of ether oxygens (including phenoxy) is 2. The van der Waals surface area contributed by atoms with E-state index in [1.807, 2.05) is 6.92 Å². The maximum Gasteiger partial charge on any atom is 0.265 e. The number of nitrogens with one attached hydrogen (secondary N) is 2. The van der Waals surface area contributed by atoms with Gasteiger partial charge in [-0.05, 0) is 61.6 Å². The number of sulfonamides is 1. The molecule has 1 aliphatic rings. The monoisotopic (exact) mass is 517 g/mol. The maximum absolute atomic E-state index is 13.2. The second-order valence-electron chi connectivity index (χ2n) is 8.26. The highest BCUT2D eigenvalue weighted by atomic mass is 32.2. The van der Waals surface area contributed by atoms with Gasteiger partial charge in [0.15, 0.2) is 5.13 Å². The van der Waals surface area contributed by atoms with Crippen LogP contribution < -0.4 is 14.8 Å². The summed E-state index contributed by atoms with van der Waals surface area (Å²) in [5.41, 5.74) is 1.52. The van der Waals surface area contributed by atoms with Gasteiger partial charge in [0.1, 0.15) is 16.4 Å². The van der Waals surface area contributed by atoms with Crippen molar-refractivity contribution in [2.45, 2.75) is 31.1 Å². The molecular weight excluding hydrogens is 490 g/mol. The first kappa shape index (κ1) is 25.0. The quantitative estimate of drug-likeness (QED) is 0.404. The van der Waals surface area contributed by atoms with Crippen molar-refractivity contribution in [2.75, 3.05) is 30.4 Å². The third kappa shape index (κ3) is 6.11. The Kier molecular flexibility index (Phi) is 7.58. The molecule has 1 aliphatic heterocycles. The van der Waals surface area contributed by atoms with E-state index in [9.17, 15) is 18.3 Å². The molecule has 1 amide bonds. The molecule has 4 rings (SSSR count). The lowest BCUT2D eigenvalue weighted by Crippen LogP contribution is -2.22. The SMILES string of the molecule is COc1ccc(-c2sc(NC(=O)CC3CCOCC3)nc2C)cc1S(=O)(=O)Nc1cccc(O)c1. The van der Waals surface area contributed by atoms with Crippen LogP contribution in [-0.2, 0) is 19.6 Å². The highest BCUT2D eigenvalue weighted by Crippen LogP contribution is 2.37. The number of amides is 1. The maximum atomic E-state index is 13.2. The normalized spacial score (nSPS) is 14.5. The third-order valence-corrected chi connectivity index (χ3v) is 8.20. The van der Waals surface area contributed by atoms with Crippen molar-refractivity contribution in [3.8, 4) is 21.9 Å². The van der Waals surface area contributed by atoms with Crippen molar-refractivity contribution >= 4 is 38.1 Å². The molecule has 2 aromatic carbocycles. The lowest BCUT2D eigenvalue weighted by atomic mass is 9.96. The molecule has 3 N–H and O–H groups in total. The topological polar surface area (TPSA) is 127 Å². The molecular formula is C24H27N3O6S2. The second kappa shape index (κ2) is 10.6. The number of aryl methyl sites for hydroxylation is 1. The van der Waals surface area contributed by atoms with E-state index in [0.29, 0.717) is 41.9 Å². The average Bonchev–Trinajstić information content (AvgIpc) is 3.18. The van der Waals surface area contributed by atoms with Gasteiger partial charge in [-0.3, -0.25) is 9.52 Å². The summed E-state index contributed by atoms with van der Waals surface area (Å²) in [5.74, 6) is 0.328. The van der Waals surface area contributed by atoms with E-state index in [2.05, 4.69) is 15.0 Å². The summed E-state index contributed by atoms with van der Waals surface area (Å²) >= 11 is 1.28. The number of hydrogen-bond donors (Lipinski definition) is 3. The van der Waals surface area contributed by atoms with Gasteiger partial charge in [0.05, 0.1) is 23.4 Å². The van der Waals surface area contributed by atoms with E-state index >= 15 is 0 Å². The minimum atomic E-state index is -4.03. The Morgan fingerprint density at radius 1 is 1.23 bits per heavy atom. The van der Waals surface area contributed by atoms with E-state index in [0.717, 1.165) is 17.7 Å². The van der Waals surface area contributed by atoms with E-state index in [1.165, 1.54) is 42.7 Å². The fraction of sp³-hybridized carbons (Fsp3) is 0.333. The summed E-state index contributed by atoms with van der Waals surface area (Å²) < 4.78 is 39.4. The predicted octanol–water partition coefficient (Wildman–Crippen LogP) is 4.39. The molecule has 9 nitrogen and oxygen atoms in total. The van der Waals surface area contributed by atoms with Gasteiger partial charge in [-0.1, -0.05) is 17.4 Å². The Morgan fingerprint density at radius 3 is 2.71 bits per heavy atom. The largest absolute Gasteiger partial charge is 0.508 e. The Bertz CT molecular complexity index is 1320. The number of thiazole rings is 1. The van der Waals surface area contributed by atoms with Crippen LogP contribution in [0.3, 0.4) is 0 Å². The van der Waals surface area contributed by atoms with Crippen LogP contribution in [-0.4, -0.2) is 44.7 Å². The molecule has 0 atom stereocenters. The predicted molar refractivity (Wildman–Crippen MR) is 135 cm³/mol. The zero-order valence-corrected chi connectivity index (χ0v) is 21.0. The third-order valence-electron chi connectivity index (χ3n) is 5.67. The first-order valence-corrected chi connectivity index (χ1v) is 13.4. The number of nitrogens with zero attached hydrogens (tertiary/aromatic N) is 1. The van der Waals surface area contributed by atoms with Gasteiger partial charge >= 0.3 is 0 Å². The molecule has 2 heterocycles. The summed E-state index contributed by atoms with van der Waals surface area (Å²) in [5, 5.41) is 13.0. The van der Waals surface area contributed by atoms with Gasteiger partial charge in [-0.15, -0.1) is 0 Å². The average molecular weight is 518 g/mol. The Labute approximate surface area is 208 Å². The number of phenolic OH excluding ortho intramolecular Hbond substituents is 1. The van der Waals surface area contributed by atoms with Gasteiger partial charge in [0, 0.05) is 25.7 Å². The fourth-order valence-corrected chi connectivity index (χ4v) is 6.13.